The van der Waals surface area contributed by atoms with Crippen LogP contribution in [0.4, 0.5) is 10.1 Å². The zero-order chi connectivity index (χ0) is 11.3. The van der Waals surface area contributed by atoms with Crippen molar-refractivity contribution in [2.45, 2.75) is 6.42 Å². The number of hydrogen-bond donors (Lipinski definition) is 3. The minimum atomic E-state index is -0.642. The summed E-state index contributed by atoms with van der Waals surface area (Å²) in [6.45, 7) is 0.274. The average Bonchev–Trinajstić information content (AvgIpc) is 2.18. The highest BCUT2D eigenvalue weighted by Crippen LogP contribution is 2.14. The molecule has 1 rings (SSSR count). The Labute approximate surface area is 86.9 Å². The average molecular weight is 212 g/mol. The van der Waals surface area contributed by atoms with Gasteiger partial charge in [0.15, 0.2) is 0 Å². The summed E-state index contributed by atoms with van der Waals surface area (Å²) in [4.78, 5) is 11.4. The molecule has 0 saturated carbocycles. The zero-order valence-corrected chi connectivity index (χ0v) is 8.16. The Kier molecular flexibility index (Phi) is 4.05. The van der Waals surface area contributed by atoms with Crippen LogP contribution in [0.3, 0.4) is 0 Å². The predicted octanol–water partition coefficient (Wildman–Crippen LogP) is 0.520. The van der Waals surface area contributed by atoms with Gasteiger partial charge in [0.05, 0.1) is 5.56 Å². The summed E-state index contributed by atoms with van der Waals surface area (Å²) >= 11 is 0. The number of carbonyl (C=O) groups is 1. The molecule has 82 valence electrons. The van der Waals surface area contributed by atoms with Gasteiger partial charge in [-0.05, 0) is 18.6 Å². The van der Waals surface area contributed by atoms with Gasteiger partial charge in [0, 0.05) is 18.8 Å². The molecule has 0 unspecified atom stereocenters. The molecule has 15 heavy (non-hydrogen) atoms. The van der Waals surface area contributed by atoms with Crippen molar-refractivity contribution in [3.05, 3.63) is 29.6 Å². The normalized spacial score (nSPS) is 10.0. The Bertz CT molecular complexity index is 335. The number of nitrogens with two attached hydrogens (primary N) is 1. The van der Waals surface area contributed by atoms with Crippen molar-refractivity contribution >= 4 is 11.6 Å². The minimum Gasteiger partial charge on any atom is -0.398 e. The van der Waals surface area contributed by atoms with Crippen LogP contribution in [-0.4, -0.2) is 24.2 Å². The summed E-state index contributed by atoms with van der Waals surface area (Å²) in [6.07, 6.45) is 0.431. The first-order valence-electron chi connectivity index (χ1n) is 4.60. The van der Waals surface area contributed by atoms with Gasteiger partial charge in [0.1, 0.15) is 5.82 Å². The Hall–Kier alpha value is -1.62. The molecule has 0 aliphatic carbocycles. The van der Waals surface area contributed by atoms with Gasteiger partial charge in [0.25, 0.3) is 5.91 Å². The molecule has 0 atom stereocenters. The highest BCUT2D eigenvalue weighted by Gasteiger charge is 2.13. The maximum Gasteiger partial charge on any atom is 0.256 e. The minimum absolute atomic E-state index is 0.0208. The Balaban J connectivity index is 2.73. The molecule has 0 bridgehead atoms. The Morgan fingerprint density at radius 3 is 2.87 bits per heavy atom. The number of aliphatic hydroxyl groups is 1. The lowest BCUT2D eigenvalue weighted by Crippen LogP contribution is -2.26. The second kappa shape index (κ2) is 5.31. The number of carbonyl (C=O) groups excluding carboxylic acids is 1. The quantitative estimate of drug-likeness (QED) is 0.503. The van der Waals surface area contributed by atoms with E-state index < -0.39 is 11.7 Å². The van der Waals surface area contributed by atoms with Crippen LogP contribution in [0.2, 0.25) is 0 Å². The van der Waals surface area contributed by atoms with E-state index in [0.29, 0.717) is 13.0 Å². The largest absolute Gasteiger partial charge is 0.398 e. The van der Waals surface area contributed by atoms with Crippen molar-refractivity contribution in [2.75, 3.05) is 18.9 Å². The monoisotopic (exact) mass is 212 g/mol. The van der Waals surface area contributed by atoms with Crippen LogP contribution in [0.5, 0.6) is 0 Å². The van der Waals surface area contributed by atoms with Crippen LogP contribution in [0, 0.1) is 5.82 Å². The van der Waals surface area contributed by atoms with Crippen LogP contribution in [0.1, 0.15) is 16.8 Å². The van der Waals surface area contributed by atoms with Gasteiger partial charge in [0.2, 0.25) is 0 Å². The molecule has 0 aliphatic rings. The van der Waals surface area contributed by atoms with Crippen LogP contribution in [0.15, 0.2) is 18.2 Å². The van der Waals surface area contributed by atoms with E-state index in [1.54, 1.807) is 0 Å². The van der Waals surface area contributed by atoms with Gasteiger partial charge >= 0.3 is 0 Å². The van der Waals surface area contributed by atoms with Gasteiger partial charge in [-0.2, -0.15) is 0 Å². The van der Waals surface area contributed by atoms with E-state index in [0.717, 1.165) is 0 Å². The fraction of sp³-hybridized carbons (Fsp3) is 0.300. The molecule has 1 aromatic carbocycles. The third-order valence-electron chi connectivity index (χ3n) is 1.89. The fourth-order valence-electron chi connectivity index (χ4n) is 1.15. The molecule has 0 saturated heterocycles. The molecule has 0 aliphatic heterocycles. The number of benzene rings is 1. The second-order valence-corrected chi connectivity index (χ2v) is 3.04. The summed E-state index contributed by atoms with van der Waals surface area (Å²) in [6, 6.07) is 4.08. The number of rotatable bonds is 4. The molecule has 4 N–H and O–H groups in total. The first-order valence-corrected chi connectivity index (χ1v) is 4.60. The maximum absolute atomic E-state index is 13.2. The highest BCUT2D eigenvalue weighted by atomic mass is 19.1. The Morgan fingerprint density at radius 1 is 1.53 bits per heavy atom. The van der Waals surface area contributed by atoms with Gasteiger partial charge in [-0.1, -0.05) is 6.07 Å². The topological polar surface area (TPSA) is 75.4 Å². The van der Waals surface area contributed by atoms with Gasteiger partial charge < -0.3 is 16.2 Å². The summed E-state index contributed by atoms with van der Waals surface area (Å²) in [7, 11) is 0. The summed E-state index contributed by atoms with van der Waals surface area (Å²) in [5.74, 6) is -1.20. The van der Waals surface area contributed by atoms with Crippen molar-refractivity contribution in [3.63, 3.8) is 0 Å². The predicted molar refractivity (Wildman–Crippen MR) is 54.8 cm³/mol. The van der Waals surface area contributed by atoms with Gasteiger partial charge in [-0.3, -0.25) is 4.79 Å². The number of nitrogen functional groups attached to an aromatic ring is 1. The number of anilines is 1. The number of amides is 1. The van der Waals surface area contributed by atoms with E-state index in [2.05, 4.69) is 5.32 Å². The number of hydrogen-bond acceptors (Lipinski definition) is 3. The van der Waals surface area contributed by atoms with E-state index >= 15 is 0 Å². The fourth-order valence-corrected chi connectivity index (χ4v) is 1.15. The summed E-state index contributed by atoms with van der Waals surface area (Å²) in [5.41, 5.74) is 5.44. The first-order chi connectivity index (χ1) is 7.16. The van der Waals surface area contributed by atoms with E-state index in [1.807, 2.05) is 0 Å². The van der Waals surface area contributed by atoms with Crippen LogP contribution in [0.25, 0.3) is 0 Å². The molecule has 0 fully saturated rings. The highest BCUT2D eigenvalue weighted by molar-refractivity contribution is 5.99. The smallest absolute Gasteiger partial charge is 0.256 e. The van der Waals surface area contributed by atoms with Crippen LogP contribution < -0.4 is 11.1 Å². The molecule has 0 heterocycles. The molecule has 1 amide bonds. The number of nitrogens with one attached hydrogen (secondary N) is 1. The van der Waals surface area contributed by atoms with Gasteiger partial charge in [-0.15, -0.1) is 0 Å². The molecule has 1 aromatic rings. The lowest BCUT2D eigenvalue weighted by molar-refractivity contribution is 0.0948. The van der Waals surface area contributed by atoms with Crippen LogP contribution >= 0.6 is 0 Å². The van der Waals surface area contributed by atoms with Crippen molar-refractivity contribution in [3.8, 4) is 0 Å². The van der Waals surface area contributed by atoms with Crippen LogP contribution in [-0.2, 0) is 0 Å². The third-order valence-corrected chi connectivity index (χ3v) is 1.89. The van der Waals surface area contributed by atoms with Crippen molar-refractivity contribution in [1.82, 2.24) is 5.32 Å². The molecule has 5 heteroatoms. The standard InChI is InChI=1S/C10H13FN2O2/c11-7-3-1-4-8(12)9(7)10(15)13-5-2-6-14/h1,3-4,14H,2,5-6,12H2,(H,13,15). The van der Waals surface area contributed by atoms with E-state index in [9.17, 15) is 9.18 Å². The maximum atomic E-state index is 13.2. The van der Waals surface area contributed by atoms with Crippen molar-refractivity contribution < 1.29 is 14.3 Å². The number of halogens is 1. The molecular weight excluding hydrogens is 199 g/mol. The summed E-state index contributed by atoms with van der Waals surface area (Å²) < 4.78 is 13.2. The molecular formula is C10H13FN2O2. The zero-order valence-electron chi connectivity index (χ0n) is 8.16. The Morgan fingerprint density at radius 2 is 2.27 bits per heavy atom. The lowest BCUT2D eigenvalue weighted by atomic mass is 10.1. The second-order valence-electron chi connectivity index (χ2n) is 3.04. The third kappa shape index (κ3) is 2.92. The first kappa shape index (κ1) is 11.5. The van der Waals surface area contributed by atoms with Gasteiger partial charge in [-0.25, -0.2) is 4.39 Å². The molecule has 0 aromatic heterocycles. The number of aliphatic hydroxyl groups excluding tert-OH is 1. The van der Waals surface area contributed by atoms with Crippen molar-refractivity contribution in [1.29, 1.82) is 0 Å². The van der Waals surface area contributed by atoms with E-state index in [-0.39, 0.29) is 17.9 Å². The molecule has 0 radical (unpaired) electrons. The summed E-state index contributed by atoms with van der Waals surface area (Å²) in [5, 5.41) is 11.0. The molecule has 4 nitrogen and oxygen atoms in total. The van der Waals surface area contributed by atoms with E-state index in [1.165, 1.54) is 18.2 Å². The molecule has 0 spiro atoms. The van der Waals surface area contributed by atoms with Crippen molar-refractivity contribution in [2.24, 2.45) is 0 Å². The van der Waals surface area contributed by atoms with E-state index in [4.69, 9.17) is 10.8 Å². The SMILES string of the molecule is Nc1cccc(F)c1C(=O)NCCCO. The lowest BCUT2D eigenvalue weighted by Gasteiger charge is -2.07.